The summed E-state index contributed by atoms with van der Waals surface area (Å²) in [6.07, 6.45) is 0.655. The molecule has 1 atom stereocenters. The van der Waals surface area contributed by atoms with Crippen LogP contribution in [-0.4, -0.2) is 26.9 Å². The molecule has 1 aliphatic heterocycles. The predicted octanol–water partition coefficient (Wildman–Crippen LogP) is 2.69. The molecule has 138 valence electrons. The van der Waals surface area contributed by atoms with E-state index in [2.05, 4.69) is 5.32 Å². The standard InChI is InChI=1S/C18H20ClN3O3S/c1-11-8-13-9-14(26(20,24)25)6-7-17(13)22(11)10-18(23)21-16-5-3-4-15(19)12(16)2/h3-7,9,11H,8,10H2,1-2H3,(H,21,23)(H2,20,24,25). The number of nitrogens with one attached hydrogen (secondary N) is 1. The van der Waals surface area contributed by atoms with Gasteiger partial charge in [-0.1, -0.05) is 17.7 Å². The van der Waals surface area contributed by atoms with Crippen molar-refractivity contribution >= 4 is 38.9 Å². The maximum absolute atomic E-state index is 12.5. The lowest BCUT2D eigenvalue weighted by molar-refractivity contribution is -0.115. The number of carbonyl (C=O) groups excluding carboxylic acids is 1. The number of rotatable bonds is 4. The van der Waals surface area contributed by atoms with Gasteiger partial charge in [0.1, 0.15) is 0 Å². The zero-order chi connectivity index (χ0) is 19.1. The molecule has 2 aromatic carbocycles. The maximum Gasteiger partial charge on any atom is 0.243 e. The zero-order valence-electron chi connectivity index (χ0n) is 14.5. The normalized spacial score (nSPS) is 16.5. The van der Waals surface area contributed by atoms with Crippen molar-refractivity contribution in [2.75, 3.05) is 16.8 Å². The Labute approximate surface area is 158 Å². The van der Waals surface area contributed by atoms with Crippen molar-refractivity contribution in [3.8, 4) is 0 Å². The van der Waals surface area contributed by atoms with E-state index < -0.39 is 10.0 Å². The lowest BCUT2D eigenvalue weighted by Gasteiger charge is -2.24. The summed E-state index contributed by atoms with van der Waals surface area (Å²) >= 11 is 6.09. The number of amides is 1. The van der Waals surface area contributed by atoms with Crippen LogP contribution in [-0.2, 0) is 21.2 Å². The van der Waals surface area contributed by atoms with Gasteiger partial charge in [-0.25, -0.2) is 13.6 Å². The van der Waals surface area contributed by atoms with E-state index in [4.69, 9.17) is 16.7 Å². The Balaban J connectivity index is 1.79. The van der Waals surface area contributed by atoms with Crippen LogP contribution in [0.1, 0.15) is 18.1 Å². The first-order valence-corrected chi connectivity index (χ1v) is 10.1. The summed E-state index contributed by atoms with van der Waals surface area (Å²) < 4.78 is 23.1. The molecule has 26 heavy (non-hydrogen) atoms. The number of anilines is 2. The van der Waals surface area contributed by atoms with Crippen LogP contribution in [0.5, 0.6) is 0 Å². The lowest BCUT2D eigenvalue weighted by Crippen LogP contribution is -2.37. The number of nitrogens with two attached hydrogens (primary N) is 1. The van der Waals surface area contributed by atoms with Gasteiger partial charge in [0.15, 0.2) is 0 Å². The van der Waals surface area contributed by atoms with E-state index in [0.717, 1.165) is 16.8 Å². The van der Waals surface area contributed by atoms with Crippen molar-refractivity contribution in [1.82, 2.24) is 0 Å². The number of fused-ring (bicyclic) bond motifs is 1. The van der Waals surface area contributed by atoms with E-state index in [9.17, 15) is 13.2 Å². The highest BCUT2D eigenvalue weighted by Gasteiger charge is 2.28. The van der Waals surface area contributed by atoms with Crippen molar-refractivity contribution in [2.24, 2.45) is 5.14 Å². The van der Waals surface area contributed by atoms with Crippen LogP contribution < -0.4 is 15.4 Å². The fourth-order valence-electron chi connectivity index (χ4n) is 3.18. The molecule has 0 bridgehead atoms. The Morgan fingerprint density at radius 2 is 2.08 bits per heavy atom. The molecule has 0 saturated heterocycles. The molecule has 8 heteroatoms. The largest absolute Gasteiger partial charge is 0.359 e. The van der Waals surface area contributed by atoms with Crippen molar-refractivity contribution in [3.05, 3.63) is 52.5 Å². The second-order valence-corrected chi connectivity index (χ2v) is 8.45. The van der Waals surface area contributed by atoms with Crippen LogP contribution in [0.15, 0.2) is 41.3 Å². The number of benzene rings is 2. The van der Waals surface area contributed by atoms with Crippen LogP contribution in [0.25, 0.3) is 0 Å². The molecule has 0 radical (unpaired) electrons. The molecule has 2 aromatic rings. The molecule has 1 unspecified atom stereocenters. The summed E-state index contributed by atoms with van der Waals surface area (Å²) in [5, 5.41) is 8.68. The second kappa shape index (κ2) is 6.90. The van der Waals surface area contributed by atoms with E-state index >= 15 is 0 Å². The first kappa shape index (κ1) is 18.7. The molecule has 0 saturated carbocycles. The van der Waals surface area contributed by atoms with Gasteiger partial charge in [-0.15, -0.1) is 0 Å². The molecule has 1 amide bonds. The third-order valence-corrected chi connectivity index (χ3v) is 5.91. The number of hydrogen-bond donors (Lipinski definition) is 2. The Bertz CT molecular complexity index is 976. The number of sulfonamides is 1. The van der Waals surface area contributed by atoms with Gasteiger partial charge in [-0.2, -0.15) is 0 Å². The average molecular weight is 394 g/mol. The summed E-state index contributed by atoms with van der Waals surface area (Å²) in [6, 6.07) is 10.2. The molecule has 1 aliphatic rings. The highest BCUT2D eigenvalue weighted by Crippen LogP contribution is 2.33. The summed E-state index contributed by atoms with van der Waals surface area (Å²) in [7, 11) is -3.74. The molecule has 6 nitrogen and oxygen atoms in total. The quantitative estimate of drug-likeness (QED) is 0.835. The molecule has 1 heterocycles. The Hall–Kier alpha value is -2.09. The van der Waals surface area contributed by atoms with Gasteiger partial charge < -0.3 is 10.2 Å². The highest BCUT2D eigenvalue weighted by atomic mass is 35.5. The SMILES string of the molecule is Cc1c(Cl)cccc1NC(=O)CN1c2ccc(S(N)(=O)=O)cc2CC1C. The van der Waals surface area contributed by atoms with E-state index in [1.54, 1.807) is 30.3 Å². The first-order chi connectivity index (χ1) is 12.2. The molecular formula is C18H20ClN3O3S. The fraction of sp³-hybridized carbons (Fsp3) is 0.278. The average Bonchev–Trinajstić information content (AvgIpc) is 2.86. The number of carbonyl (C=O) groups is 1. The fourth-order valence-corrected chi connectivity index (χ4v) is 3.92. The van der Waals surface area contributed by atoms with Gasteiger partial charge in [-0.3, -0.25) is 4.79 Å². The minimum absolute atomic E-state index is 0.0759. The predicted molar refractivity (Wildman–Crippen MR) is 103 cm³/mol. The molecule has 3 rings (SSSR count). The maximum atomic E-state index is 12.5. The summed E-state index contributed by atoms with van der Waals surface area (Å²) in [4.78, 5) is 14.5. The number of hydrogen-bond acceptors (Lipinski definition) is 4. The van der Waals surface area contributed by atoms with Crippen LogP contribution >= 0.6 is 11.6 Å². The summed E-state index contributed by atoms with van der Waals surface area (Å²) in [5.74, 6) is -0.161. The zero-order valence-corrected chi connectivity index (χ0v) is 16.1. The smallest absolute Gasteiger partial charge is 0.243 e. The van der Waals surface area contributed by atoms with Crippen molar-refractivity contribution in [1.29, 1.82) is 0 Å². The van der Waals surface area contributed by atoms with Gasteiger partial charge in [0.25, 0.3) is 0 Å². The van der Waals surface area contributed by atoms with Crippen LogP contribution in [0.3, 0.4) is 0 Å². The third-order valence-electron chi connectivity index (χ3n) is 4.59. The lowest BCUT2D eigenvalue weighted by atomic mass is 10.1. The van der Waals surface area contributed by atoms with Gasteiger partial charge in [0.2, 0.25) is 15.9 Å². The Kier molecular flexibility index (Phi) is 4.96. The third kappa shape index (κ3) is 3.70. The monoisotopic (exact) mass is 393 g/mol. The van der Waals surface area contributed by atoms with Crippen LogP contribution in [0.2, 0.25) is 5.02 Å². The molecule has 0 aromatic heterocycles. The molecule has 0 fully saturated rings. The van der Waals surface area contributed by atoms with E-state index in [1.165, 1.54) is 6.07 Å². The Morgan fingerprint density at radius 1 is 1.35 bits per heavy atom. The topological polar surface area (TPSA) is 92.5 Å². The van der Waals surface area contributed by atoms with Gasteiger partial charge in [0, 0.05) is 22.4 Å². The summed E-state index contributed by atoms with van der Waals surface area (Å²) in [6.45, 7) is 4.00. The van der Waals surface area contributed by atoms with Gasteiger partial charge in [0.05, 0.1) is 11.4 Å². The van der Waals surface area contributed by atoms with Crippen molar-refractivity contribution in [2.45, 2.75) is 31.2 Å². The van der Waals surface area contributed by atoms with Gasteiger partial charge >= 0.3 is 0 Å². The first-order valence-electron chi connectivity index (χ1n) is 8.14. The van der Waals surface area contributed by atoms with Crippen LogP contribution in [0.4, 0.5) is 11.4 Å². The second-order valence-electron chi connectivity index (χ2n) is 6.48. The number of primary sulfonamides is 1. The van der Waals surface area contributed by atoms with E-state index in [-0.39, 0.29) is 23.4 Å². The van der Waals surface area contributed by atoms with E-state index in [0.29, 0.717) is 17.1 Å². The van der Waals surface area contributed by atoms with Crippen LogP contribution in [0, 0.1) is 6.92 Å². The highest BCUT2D eigenvalue weighted by molar-refractivity contribution is 7.89. The molecule has 0 spiro atoms. The van der Waals surface area contributed by atoms with Crippen molar-refractivity contribution in [3.63, 3.8) is 0 Å². The molecule has 3 N–H and O–H groups in total. The number of nitrogens with zero attached hydrogens (tertiary/aromatic N) is 1. The van der Waals surface area contributed by atoms with E-state index in [1.807, 2.05) is 18.7 Å². The minimum atomic E-state index is -3.74. The molecular weight excluding hydrogens is 374 g/mol. The summed E-state index contributed by atoms with van der Waals surface area (Å²) in [5.41, 5.74) is 3.22. The molecule has 0 aliphatic carbocycles. The minimum Gasteiger partial charge on any atom is -0.359 e. The number of halogens is 1. The Morgan fingerprint density at radius 3 is 2.77 bits per heavy atom. The van der Waals surface area contributed by atoms with Gasteiger partial charge in [-0.05, 0) is 61.7 Å². The van der Waals surface area contributed by atoms with Crippen molar-refractivity contribution < 1.29 is 13.2 Å².